The zero-order chi connectivity index (χ0) is 16.2. The maximum Gasteiger partial charge on any atom is 0.480 e. The molecule has 0 aromatic rings. The minimum Gasteiger partial charge on any atom is -0.421 e. The van der Waals surface area contributed by atoms with E-state index in [0.29, 0.717) is 0 Å². The van der Waals surface area contributed by atoms with Crippen LogP contribution in [0.2, 0.25) is 0 Å². The molecule has 0 aliphatic carbocycles. The third-order valence-corrected chi connectivity index (χ3v) is 4.34. The van der Waals surface area contributed by atoms with Crippen LogP contribution in [-0.2, 0) is 20.0 Å². The minimum absolute atomic E-state index is 0.778. The van der Waals surface area contributed by atoms with E-state index in [1.165, 1.54) is 19.4 Å². The highest BCUT2D eigenvalue weighted by Crippen LogP contribution is 2.36. The zero-order valence-electron chi connectivity index (χ0n) is 9.36. The van der Waals surface area contributed by atoms with Crippen LogP contribution < -0.4 is 4.99 Å². The Hall–Kier alpha value is -0.890. The largest absolute Gasteiger partial charge is 0.480 e. The van der Waals surface area contributed by atoms with Crippen molar-refractivity contribution in [3.8, 4) is 0 Å². The average Bonchev–Trinajstić information content (AvgIpc) is 2.68. The highest BCUT2D eigenvalue weighted by molar-refractivity contribution is 8.13. The van der Waals surface area contributed by atoms with E-state index in [2.05, 4.69) is 11.2 Å². The molecule has 0 aromatic carbocycles. The summed E-state index contributed by atoms with van der Waals surface area (Å²) in [6, 6.07) is 0. The number of halogens is 6. The number of nitrogens with zero attached hydrogens (tertiary/aromatic N) is 1. The van der Waals surface area contributed by atoms with E-state index >= 15 is 0 Å². The molecule has 1 N–H and O–H groups in total. The molecule has 0 amide bonds. The van der Waals surface area contributed by atoms with Crippen molar-refractivity contribution in [2.24, 2.45) is 0 Å². The lowest BCUT2D eigenvalue weighted by Crippen LogP contribution is -2.65. The monoisotopic (exact) mass is 350 g/mol. The first kappa shape index (κ1) is 19.1. The normalized spacial score (nSPS) is 16.7. The van der Waals surface area contributed by atoms with Crippen LogP contribution in [0, 0.1) is 0 Å². The van der Waals surface area contributed by atoms with Crippen molar-refractivity contribution < 1.29 is 48.2 Å². The maximum atomic E-state index is 11.4. The first-order chi connectivity index (χ1) is 8.71. The molecule has 1 aliphatic heterocycles. The topological polar surface area (TPSA) is 96.3 Å². The quantitative estimate of drug-likeness (QED) is 0.709. The van der Waals surface area contributed by atoms with Gasteiger partial charge in [-0.1, -0.05) is 0 Å². The molecule has 0 atom stereocenters. The first-order valence-corrected chi connectivity index (χ1v) is 7.50. The SMILES string of the molecule is C1=[NH+]CCC1.O=S(=O)([N-]S(=O)(=O)C(F)(F)F)C(F)(F)F. The molecule has 14 heteroatoms. The second kappa shape index (κ2) is 6.26. The van der Waals surface area contributed by atoms with E-state index in [-0.39, 0.29) is 0 Å². The molecule has 0 fully saturated rings. The molecule has 0 unspecified atom stereocenters. The van der Waals surface area contributed by atoms with Crippen LogP contribution in [-0.4, -0.2) is 40.6 Å². The van der Waals surface area contributed by atoms with Gasteiger partial charge in [0.2, 0.25) is 0 Å². The molecule has 0 radical (unpaired) electrons. The molecule has 0 saturated carbocycles. The van der Waals surface area contributed by atoms with Gasteiger partial charge in [-0.05, 0) is 0 Å². The van der Waals surface area contributed by atoms with Crippen molar-refractivity contribution in [2.75, 3.05) is 6.54 Å². The standard InChI is InChI=1S/C4H7N.C2F6NO4S2/c1-2-4-5-3-1;3-1(4,5)14(10,11)9-15(12,13)2(6,7)8/h3H,1-2,4H2;/q;-1/p+1. The first-order valence-electron chi connectivity index (χ1n) is 4.62. The van der Waals surface area contributed by atoms with Gasteiger partial charge in [-0.25, -0.2) is 16.8 Å². The van der Waals surface area contributed by atoms with Gasteiger partial charge in [-0.3, -0.25) is 4.99 Å². The molecule has 0 saturated heterocycles. The minimum atomic E-state index is -6.72. The Morgan fingerprint density at radius 1 is 0.900 bits per heavy atom. The Morgan fingerprint density at radius 2 is 1.30 bits per heavy atom. The lowest BCUT2D eigenvalue weighted by molar-refractivity contribution is -0.442. The molecule has 1 aliphatic rings. The molecule has 0 bridgehead atoms. The molecule has 6 nitrogen and oxygen atoms in total. The zero-order valence-corrected chi connectivity index (χ0v) is 11.0. The summed E-state index contributed by atoms with van der Waals surface area (Å²) in [4.78, 5) is 3.10. The number of rotatable bonds is 2. The Labute approximate surface area is 110 Å². The van der Waals surface area contributed by atoms with Gasteiger partial charge in [0.25, 0.3) is 0 Å². The van der Waals surface area contributed by atoms with Gasteiger partial charge in [0.15, 0.2) is 20.0 Å². The van der Waals surface area contributed by atoms with Gasteiger partial charge in [-0.2, -0.15) is 26.3 Å². The van der Waals surface area contributed by atoms with Gasteiger partial charge < -0.3 is 4.13 Å². The Bertz CT molecular complexity index is 499. The fraction of sp³-hybridized carbons (Fsp3) is 0.833. The van der Waals surface area contributed by atoms with E-state index in [4.69, 9.17) is 0 Å². The summed E-state index contributed by atoms with van der Waals surface area (Å²) >= 11 is 0. The third-order valence-electron chi connectivity index (χ3n) is 1.60. The summed E-state index contributed by atoms with van der Waals surface area (Å²) in [6.45, 7) is 1.19. The smallest absolute Gasteiger partial charge is 0.421 e. The van der Waals surface area contributed by atoms with E-state index in [0.717, 1.165) is 4.13 Å². The predicted octanol–water partition coefficient (Wildman–Crippen LogP) is -0.00910. The number of alkyl halides is 6. The summed E-state index contributed by atoms with van der Waals surface area (Å²) in [5.74, 6) is 0. The molecule has 120 valence electrons. The summed E-state index contributed by atoms with van der Waals surface area (Å²) in [5, 5.41) is 0. The summed E-state index contributed by atoms with van der Waals surface area (Å²) in [6.07, 6.45) is 4.71. The highest BCUT2D eigenvalue weighted by atomic mass is 32.3. The van der Waals surface area contributed by atoms with Crippen molar-refractivity contribution in [2.45, 2.75) is 23.9 Å². The van der Waals surface area contributed by atoms with Crippen molar-refractivity contribution in [3.05, 3.63) is 4.13 Å². The number of hydrogen-bond acceptors (Lipinski definition) is 4. The summed E-state index contributed by atoms with van der Waals surface area (Å²) in [5.41, 5.74) is -12.4. The van der Waals surface area contributed by atoms with Crippen LogP contribution in [0.1, 0.15) is 12.8 Å². The van der Waals surface area contributed by atoms with Crippen LogP contribution in [0.25, 0.3) is 4.13 Å². The van der Waals surface area contributed by atoms with E-state index in [1.54, 1.807) is 0 Å². The fourth-order valence-corrected chi connectivity index (χ4v) is 2.43. The van der Waals surface area contributed by atoms with E-state index in [1.807, 2.05) is 0 Å². The van der Waals surface area contributed by atoms with Crippen molar-refractivity contribution in [1.82, 2.24) is 0 Å². The van der Waals surface area contributed by atoms with Crippen LogP contribution in [0.15, 0.2) is 0 Å². The van der Waals surface area contributed by atoms with Gasteiger partial charge in [-0.15, -0.1) is 0 Å². The molecule has 20 heavy (non-hydrogen) atoms. The van der Waals surface area contributed by atoms with Crippen LogP contribution in [0.3, 0.4) is 0 Å². The summed E-state index contributed by atoms with van der Waals surface area (Å²) in [7, 11) is -13.4. The van der Waals surface area contributed by atoms with Gasteiger partial charge in [0.1, 0.15) is 12.8 Å². The summed E-state index contributed by atoms with van der Waals surface area (Å²) < 4.78 is 109. The molecule has 1 rings (SSSR count). The number of hydrogen-bond donors (Lipinski definition) is 1. The Balaban J connectivity index is 0.000000595. The van der Waals surface area contributed by atoms with Crippen LogP contribution >= 0.6 is 0 Å². The molecular weight excluding hydrogens is 342 g/mol. The van der Waals surface area contributed by atoms with Crippen molar-refractivity contribution in [1.29, 1.82) is 0 Å². The maximum absolute atomic E-state index is 11.4. The lowest BCUT2D eigenvalue weighted by atomic mass is 10.4. The Morgan fingerprint density at radius 3 is 1.45 bits per heavy atom. The van der Waals surface area contributed by atoms with Crippen molar-refractivity contribution in [3.63, 3.8) is 0 Å². The highest BCUT2D eigenvalue weighted by Gasteiger charge is 2.46. The molecule has 0 spiro atoms. The van der Waals surface area contributed by atoms with Crippen molar-refractivity contribution >= 4 is 26.3 Å². The molecule has 1 heterocycles. The third kappa shape index (κ3) is 5.62. The van der Waals surface area contributed by atoms with Crippen LogP contribution in [0.4, 0.5) is 26.3 Å². The van der Waals surface area contributed by atoms with Gasteiger partial charge in [0, 0.05) is 12.8 Å². The second-order valence-corrected chi connectivity index (χ2v) is 6.64. The van der Waals surface area contributed by atoms with Gasteiger partial charge in [0.05, 0.1) is 0 Å². The number of sulfonamides is 2. The van der Waals surface area contributed by atoms with Crippen LogP contribution in [0.5, 0.6) is 0 Å². The fourth-order valence-electron chi connectivity index (χ4n) is 0.724. The lowest BCUT2D eigenvalue weighted by Gasteiger charge is -2.22. The predicted molar refractivity (Wildman–Crippen MR) is 54.4 cm³/mol. The average molecular weight is 350 g/mol. The second-order valence-electron chi connectivity index (χ2n) is 3.22. The molecular formula is C6H8F6N2O4S2. The van der Waals surface area contributed by atoms with E-state index < -0.39 is 31.1 Å². The molecule has 0 aromatic heterocycles. The van der Waals surface area contributed by atoms with E-state index in [9.17, 15) is 43.2 Å². The van der Waals surface area contributed by atoms with Gasteiger partial charge >= 0.3 is 11.0 Å². The number of nitrogens with one attached hydrogen (secondary N) is 1. The Kier molecular flexibility index (Phi) is 5.98.